The van der Waals surface area contributed by atoms with Gasteiger partial charge in [0.15, 0.2) is 3.95 Å². The van der Waals surface area contributed by atoms with Crippen LogP contribution in [0.4, 0.5) is 0 Å². The summed E-state index contributed by atoms with van der Waals surface area (Å²) in [5.74, 6) is -0.825. The number of aromatic nitrogens is 1. The van der Waals surface area contributed by atoms with Crippen LogP contribution in [0.25, 0.3) is 0 Å². The molecule has 12 heavy (non-hydrogen) atoms. The molecule has 1 aromatic rings. The van der Waals surface area contributed by atoms with Crippen LogP contribution in [0.3, 0.4) is 0 Å². The van der Waals surface area contributed by atoms with Crippen molar-refractivity contribution in [3.05, 3.63) is 14.5 Å². The summed E-state index contributed by atoms with van der Waals surface area (Å²) in [6.07, 6.45) is 0.872. The fourth-order valence-corrected chi connectivity index (χ4v) is 2.19. The molecule has 66 valence electrons. The lowest BCUT2D eigenvalue weighted by atomic mass is 10.2. The van der Waals surface area contributed by atoms with Crippen molar-refractivity contribution in [2.75, 3.05) is 0 Å². The van der Waals surface area contributed by atoms with Crippen LogP contribution in [-0.2, 0) is 17.6 Å². The molecule has 0 saturated heterocycles. The van der Waals surface area contributed by atoms with Crippen LogP contribution in [0.5, 0.6) is 0 Å². The van der Waals surface area contributed by atoms with E-state index >= 15 is 0 Å². The SMILES string of the molecule is CCc1sc(=S)[nH]c1CC(=O)O. The monoisotopic (exact) mass is 203 g/mol. The molecule has 0 unspecified atom stereocenters. The largest absolute Gasteiger partial charge is 0.481 e. The highest BCUT2D eigenvalue weighted by Crippen LogP contribution is 2.16. The Kier molecular flexibility index (Phi) is 2.99. The van der Waals surface area contributed by atoms with Gasteiger partial charge in [0.1, 0.15) is 0 Å². The van der Waals surface area contributed by atoms with Crippen molar-refractivity contribution < 1.29 is 9.90 Å². The van der Waals surface area contributed by atoms with E-state index in [0.717, 1.165) is 17.0 Å². The van der Waals surface area contributed by atoms with E-state index in [1.54, 1.807) is 0 Å². The quantitative estimate of drug-likeness (QED) is 0.739. The number of nitrogens with one attached hydrogen (secondary N) is 1. The van der Waals surface area contributed by atoms with Gasteiger partial charge in [-0.05, 0) is 18.6 Å². The summed E-state index contributed by atoms with van der Waals surface area (Å²) >= 11 is 6.36. The fraction of sp³-hybridized carbons (Fsp3) is 0.429. The first-order valence-electron chi connectivity index (χ1n) is 3.56. The van der Waals surface area contributed by atoms with E-state index in [1.807, 2.05) is 6.92 Å². The third kappa shape index (κ3) is 2.15. The van der Waals surface area contributed by atoms with Crippen molar-refractivity contribution in [2.45, 2.75) is 19.8 Å². The maximum atomic E-state index is 10.4. The van der Waals surface area contributed by atoms with Crippen molar-refractivity contribution in [1.82, 2.24) is 4.98 Å². The van der Waals surface area contributed by atoms with Gasteiger partial charge in [0, 0.05) is 10.6 Å². The molecule has 5 heteroatoms. The van der Waals surface area contributed by atoms with E-state index < -0.39 is 5.97 Å². The Balaban J connectivity index is 2.96. The van der Waals surface area contributed by atoms with Crippen LogP contribution < -0.4 is 0 Å². The van der Waals surface area contributed by atoms with E-state index in [0.29, 0.717) is 3.95 Å². The Morgan fingerprint density at radius 3 is 2.92 bits per heavy atom. The van der Waals surface area contributed by atoms with Gasteiger partial charge in [-0.1, -0.05) is 6.92 Å². The highest BCUT2D eigenvalue weighted by atomic mass is 32.1. The molecule has 0 atom stereocenters. The van der Waals surface area contributed by atoms with E-state index in [4.69, 9.17) is 17.3 Å². The zero-order valence-corrected chi connectivity index (χ0v) is 8.22. The highest BCUT2D eigenvalue weighted by molar-refractivity contribution is 7.73. The third-order valence-corrected chi connectivity index (χ3v) is 2.88. The smallest absolute Gasteiger partial charge is 0.309 e. The molecule has 0 aromatic carbocycles. The van der Waals surface area contributed by atoms with E-state index in [1.165, 1.54) is 11.3 Å². The lowest BCUT2D eigenvalue weighted by Gasteiger charge is -1.94. The number of carboxylic acid groups (broad SMARTS) is 1. The van der Waals surface area contributed by atoms with Crippen molar-refractivity contribution in [2.24, 2.45) is 0 Å². The van der Waals surface area contributed by atoms with Gasteiger partial charge in [0.05, 0.1) is 6.42 Å². The van der Waals surface area contributed by atoms with Gasteiger partial charge in [-0.15, -0.1) is 11.3 Å². The summed E-state index contributed by atoms with van der Waals surface area (Å²) in [6.45, 7) is 1.99. The summed E-state index contributed by atoms with van der Waals surface area (Å²) in [6, 6.07) is 0. The van der Waals surface area contributed by atoms with Crippen molar-refractivity contribution in [3.8, 4) is 0 Å². The Bertz CT molecular complexity index is 339. The average Bonchev–Trinajstić information content (AvgIpc) is 2.29. The molecular weight excluding hydrogens is 194 g/mol. The normalized spacial score (nSPS) is 10.1. The second kappa shape index (κ2) is 3.82. The highest BCUT2D eigenvalue weighted by Gasteiger charge is 2.07. The molecule has 1 aromatic heterocycles. The molecule has 3 nitrogen and oxygen atoms in total. The summed E-state index contributed by atoms with van der Waals surface area (Å²) in [4.78, 5) is 14.3. The average molecular weight is 203 g/mol. The zero-order chi connectivity index (χ0) is 9.14. The molecule has 1 rings (SSSR count). The maximum absolute atomic E-state index is 10.4. The second-order valence-corrected chi connectivity index (χ2v) is 4.11. The molecule has 1 heterocycles. The molecule has 0 saturated carbocycles. The number of aryl methyl sites for hydroxylation is 1. The summed E-state index contributed by atoms with van der Waals surface area (Å²) in [7, 11) is 0. The van der Waals surface area contributed by atoms with Crippen LogP contribution in [0.2, 0.25) is 0 Å². The van der Waals surface area contributed by atoms with Crippen LogP contribution in [0.1, 0.15) is 17.5 Å². The number of carbonyl (C=O) groups is 1. The molecule has 0 aliphatic carbocycles. The number of aromatic amines is 1. The van der Waals surface area contributed by atoms with Gasteiger partial charge in [-0.2, -0.15) is 0 Å². The number of hydrogen-bond acceptors (Lipinski definition) is 3. The molecule has 0 amide bonds. The van der Waals surface area contributed by atoms with Crippen LogP contribution in [0, 0.1) is 3.95 Å². The predicted molar refractivity (Wildman–Crippen MR) is 50.2 cm³/mol. The van der Waals surface area contributed by atoms with Crippen molar-refractivity contribution in [1.29, 1.82) is 0 Å². The molecule has 0 radical (unpaired) electrons. The molecule has 2 N–H and O–H groups in total. The Morgan fingerprint density at radius 2 is 2.42 bits per heavy atom. The first kappa shape index (κ1) is 9.41. The lowest BCUT2D eigenvalue weighted by Crippen LogP contribution is -2.02. The minimum atomic E-state index is -0.825. The molecular formula is C7H9NO2S2. The van der Waals surface area contributed by atoms with E-state index in [2.05, 4.69) is 4.98 Å². The topological polar surface area (TPSA) is 53.1 Å². The minimum Gasteiger partial charge on any atom is -0.481 e. The first-order chi connectivity index (χ1) is 5.63. The van der Waals surface area contributed by atoms with Gasteiger partial charge in [0.2, 0.25) is 0 Å². The third-order valence-electron chi connectivity index (χ3n) is 1.45. The summed E-state index contributed by atoms with van der Waals surface area (Å²) in [5, 5.41) is 8.55. The van der Waals surface area contributed by atoms with Gasteiger partial charge in [-0.25, -0.2) is 0 Å². The lowest BCUT2D eigenvalue weighted by molar-refractivity contribution is -0.136. The van der Waals surface area contributed by atoms with Gasteiger partial charge < -0.3 is 10.1 Å². The number of carboxylic acids is 1. The predicted octanol–water partition coefficient (Wildman–Crippen LogP) is 2.00. The van der Waals surface area contributed by atoms with Gasteiger partial charge in [0.25, 0.3) is 0 Å². The van der Waals surface area contributed by atoms with Crippen LogP contribution in [-0.4, -0.2) is 16.1 Å². The van der Waals surface area contributed by atoms with Gasteiger partial charge in [-0.3, -0.25) is 4.79 Å². The number of thiazole rings is 1. The minimum absolute atomic E-state index is 0.0380. The molecule has 0 fully saturated rings. The second-order valence-electron chi connectivity index (χ2n) is 2.34. The van der Waals surface area contributed by atoms with Crippen molar-refractivity contribution >= 4 is 29.5 Å². The van der Waals surface area contributed by atoms with E-state index in [9.17, 15) is 4.79 Å². The van der Waals surface area contributed by atoms with E-state index in [-0.39, 0.29) is 6.42 Å². The maximum Gasteiger partial charge on any atom is 0.309 e. The molecule has 0 aliphatic heterocycles. The van der Waals surface area contributed by atoms with Gasteiger partial charge >= 0.3 is 5.97 Å². The van der Waals surface area contributed by atoms with Crippen LogP contribution in [0.15, 0.2) is 0 Å². The Labute approximate surface area is 79.1 Å². The summed E-state index contributed by atoms with van der Waals surface area (Å²) < 4.78 is 0.656. The van der Waals surface area contributed by atoms with Crippen LogP contribution >= 0.6 is 23.6 Å². The number of aliphatic carboxylic acids is 1. The standard InChI is InChI=1S/C7H9NO2S2/c1-2-5-4(3-6(9)10)8-7(11)12-5/h2-3H2,1H3,(H,8,11)(H,9,10). The fourth-order valence-electron chi connectivity index (χ4n) is 0.971. The number of hydrogen-bond donors (Lipinski definition) is 2. The Morgan fingerprint density at radius 1 is 1.75 bits per heavy atom. The zero-order valence-electron chi connectivity index (χ0n) is 6.59. The first-order valence-corrected chi connectivity index (χ1v) is 4.78. The molecule has 0 bridgehead atoms. The Hall–Kier alpha value is -0.680. The molecule has 0 aliphatic rings. The number of rotatable bonds is 3. The van der Waals surface area contributed by atoms with Crippen molar-refractivity contribution in [3.63, 3.8) is 0 Å². The summed E-state index contributed by atoms with van der Waals surface area (Å²) in [5.41, 5.74) is 0.750. The number of H-pyrrole nitrogens is 1. The molecule has 0 spiro atoms.